The van der Waals surface area contributed by atoms with Crippen LogP contribution < -0.4 is 29.7 Å². The standard InChI is InChI=1S/C26H25N3O5/c1-26-15-20(19-9-4-5-10-21(19)34-26)28-25(31)29(26)18-8-6-7-16(13-18)24(30)27-17-11-12-22(32-2)23(14-17)33-3/h4-14,20H,15H2,1-3H3,(H,27,30)(H,28,31). The molecule has 3 aromatic rings. The van der Waals surface area contributed by atoms with Gasteiger partial charge in [0.05, 0.1) is 25.9 Å². The van der Waals surface area contributed by atoms with Crippen LogP contribution in [0.25, 0.3) is 0 Å². The topological polar surface area (TPSA) is 89.1 Å². The lowest BCUT2D eigenvalue weighted by Crippen LogP contribution is -2.65. The second kappa shape index (κ2) is 8.30. The minimum Gasteiger partial charge on any atom is -0.493 e. The highest BCUT2D eigenvalue weighted by atomic mass is 16.5. The number of hydrogen-bond donors (Lipinski definition) is 2. The van der Waals surface area contributed by atoms with Crippen molar-refractivity contribution >= 4 is 23.3 Å². The van der Waals surface area contributed by atoms with E-state index in [4.69, 9.17) is 14.2 Å². The quantitative estimate of drug-likeness (QED) is 0.576. The number of fused-ring (bicyclic) bond motifs is 4. The first-order valence-electron chi connectivity index (χ1n) is 10.9. The number of methoxy groups -OCH3 is 2. The highest BCUT2D eigenvalue weighted by Gasteiger charge is 2.49. The van der Waals surface area contributed by atoms with Gasteiger partial charge in [0.15, 0.2) is 17.2 Å². The van der Waals surface area contributed by atoms with Crippen molar-refractivity contribution in [2.75, 3.05) is 24.4 Å². The number of anilines is 2. The van der Waals surface area contributed by atoms with Crippen molar-refractivity contribution in [1.29, 1.82) is 0 Å². The van der Waals surface area contributed by atoms with E-state index >= 15 is 0 Å². The molecule has 174 valence electrons. The van der Waals surface area contributed by atoms with Gasteiger partial charge in [0.1, 0.15) is 5.75 Å². The number of carbonyl (C=O) groups excluding carboxylic acids is 2. The van der Waals surface area contributed by atoms with Gasteiger partial charge in [-0.1, -0.05) is 24.3 Å². The number of nitrogens with zero attached hydrogens (tertiary/aromatic N) is 1. The monoisotopic (exact) mass is 459 g/mol. The van der Waals surface area contributed by atoms with Crippen molar-refractivity contribution in [1.82, 2.24) is 5.32 Å². The number of hydrogen-bond acceptors (Lipinski definition) is 5. The van der Waals surface area contributed by atoms with Crippen LogP contribution in [0, 0.1) is 0 Å². The Morgan fingerprint density at radius 3 is 2.65 bits per heavy atom. The predicted octanol–water partition coefficient (Wildman–Crippen LogP) is 4.73. The molecule has 3 aromatic carbocycles. The zero-order valence-electron chi connectivity index (χ0n) is 19.1. The average Bonchev–Trinajstić information content (AvgIpc) is 2.83. The molecule has 0 spiro atoms. The first-order chi connectivity index (χ1) is 16.4. The molecule has 5 rings (SSSR count). The van der Waals surface area contributed by atoms with E-state index in [-0.39, 0.29) is 18.0 Å². The van der Waals surface area contributed by atoms with Crippen LogP contribution >= 0.6 is 0 Å². The Hall–Kier alpha value is -4.20. The fourth-order valence-corrected chi connectivity index (χ4v) is 4.62. The van der Waals surface area contributed by atoms with Crippen LogP contribution in [0.4, 0.5) is 16.2 Å². The Bertz CT molecular complexity index is 1280. The van der Waals surface area contributed by atoms with Gasteiger partial charge < -0.3 is 24.8 Å². The first-order valence-corrected chi connectivity index (χ1v) is 10.9. The molecule has 2 aliphatic rings. The summed E-state index contributed by atoms with van der Waals surface area (Å²) >= 11 is 0. The van der Waals surface area contributed by atoms with E-state index in [1.165, 1.54) is 7.11 Å². The highest BCUT2D eigenvalue weighted by Crippen LogP contribution is 2.45. The van der Waals surface area contributed by atoms with Crippen LogP contribution in [0.3, 0.4) is 0 Å². The van der Waals surface area contributed by atoms with Gasteiger partial charge in [0, 0.05) is 29.3 Å². The summed E-state index contributed by atoms with van der Waals surface area (Å²) in [6.07, 6.45) is 0.581. The van der Waals surface area contributed by atoms with E-state index in [9.17, 15) is 9.59 Å². The maximum atomic E-state index is 13.1. The second-order valence-electron chi connectivity index (χ2n) is 8.43. The molecule has 34 heavy (non-hydrogen) atoms. The smallest absolute Gasteiger partial charge is 0.325 e. The van der Waals surface area contributed by atoms with E-state index in [1.807, 2.05) is 31.2 Å². The third kappa shape index (κ3) is 3.67. The fourth-order valence-electron chi connectivity index (χ4n) is 4.62. The third-order valence-electron chi connectivity index (χ3n) is 6.19. The maximum Gasteiger partial charge on any atom is 0.325 e. The molecular formula is C26H25N3O5. The number of amides is 3. The third-order valence-corrected chi connectivity index (χ3v) is 6.19. The molecule has 8 heteroatoms. The van der Waals surface area contributed by atoms with E-state index < -0.39 is 5.72 Å². The van der Waals surface area contributed by atoms with Gasteiger partial charge in [0.2, 0.25) is 0 Å². The molecular weight excluding hydrogens is 434 g/mol. The van der Waals surface area contributed by atoms with Crippen LogP contribution in [-0.2, 0) is 0 Å². The molecule has 0 aliphatic carbocycles. The normalized spacial score (nSPS) is 20.5. The van der Waals surface area contributed by atoms with Crippen LogP contribution in [0.5, 0.6) is 17.2 Å². The van der Waals surface area contributed by atoms with Gasteiger partial charge >= 0.3 is 6.03 Å². The average molecular weight is 460 g/mol. The van der Waals surface area contributed by atoms with Crippen LogP contribution in [-0.4, -0.2) is 31.9 Å². The summed E-state index contributed by atoms with van der Waals surface area (Å²) in [6.45, 7) is 1.89. The first kappa shape index (κ1) is 21.6. The maximum absolute atomic E-state index is 13.1. The largest absolute Gasteiger partial charge is 0.493 e. The SMILES string of the molecule is COc1ccc(NC(=O)c2cccc(N3C(=O)NC4CC3(C)Oc3ccccc34)c2)cc1OC. The van der Waals surface area contributed by atoms with Crippen LogP contribution in [0.15, 0.2) is 66.7 Å². The molecule has 1 saturated heterocycles. The predicted molar refractivity (Wildman–Crippen MR) is 128 cm³/mol. The molecule has 1 fully saturated rings. The van der Waals surface area contributed by atoms with Crippen molar-refractivity contribution in [3.63, 3.8) is 0 Å². The number of rotatable bonds is 5. The minimum atomic E-state index is -0.889. The number of para-hydroxylation sites is 1. The van der Waals surface area contributed by atoms with E-state index in [2.05, 4.69) is 10.6 Å². The van der Waals surface area contributed by atoms with Gasteiger partial charge in [-0.15, -0.1) is 0 Å². The summed E-state index contributed by atoms with van der Waals surface area (Å²) in [4.78, 5) is 27.7. The molecule has 0 saturated carbocycles. The van der Waals surface area contributed by atoms with Gasteiger partial charge in [-0.3, -0.25) is 9.69 Å². The summed E-state index contributed by atoms with van der Waals surface area (Å²) < 4.78 is 16.9. The van der Waals surface area contributed by atoms with Crippen molar-refractivity contribution in [2.24, 2.45) is 0 Å². The van der Waals surface area contributed by atoms with E-state index in [1.54, 1.807) is 54.5 Å². The van der Waals surface area contributed by atoms with E-state index in [0.29, 0.717) is 34.9 Å². The molecule has 2 N–H and O–H groups in total. The van der Waals surface area contributed by atoms with E-state index in [0.717, 1.165) is 11.3 Å². The molecule has 2 heterocycles. The van der Waals surface area contributed by atoms with Crippen molar-refractivity contribution in [3.05, 3.63) is 77.9 Å². The highest BCUT2D eigenvalue weighted by molar-refractivity contribution is 6.06. The van der Waals surface area contributed by atoms with Crippen molar-refractivity contribution in [3.8, 4) is 17.2 Å². The van der Waals surface area contributed by atoms with Gasteiger partial charge in [0.25, 0.3) is 5.91 Å². The van der Waals surface area contributed by atoms with Crippen LogP contribution in [0.2, 0.25) is 0 Å². The zero-order chi connectivity index (χ0) is 23.9. The molecule has 0 aromatic heterocycles. The van der Waals surface area contributed by atoms with Crippen molar-refractivity contribution in [2.45, 2.75) is 25.1 Å². The Morgan fingerprint density at radius 2 is 1.85 bits per heavy atom. The number of nitrogens with one attached hydrogen (secondary N) is 2. The number of benzene rings is 3. The summed E-state index contributed by atoms with van der Waals surface area (Å²) in [5, 5.41) is 5.94. The molecule has 2 unspecified atom stereocenters. The summed E-state index contributed by atoms with van der Waals surface area (Å²) in [7, 11) is 3.09. The van der Waals surface area contributed by atoms with Gasteiger partial charge in [-0.25, -0.2) is 4.79 Å². The Kier molecular flexibility index (Phi) is 5.28. The van der Waals surface area contributed by atoms with Crippen LogP contribution in [0.1, 0.15) is 35.3 Å². The number of carbonyl (C=O) groups is 2. The Balaban J connectivity index is 1.42. The molecule has 2 aliphatic heterocycles. The number of urea groups is 1. The molecule has 0 radical (unpaired) electrons. The lowest BCUT2D eigenvalue weighted by Gasteiger charge is -2.50. The molecule has 2 bridgehead atoms. The lowest BCUT2D eigenvalue weighted by atomic mass is 9.90. The summed E-state index contributed by atoms with van der Waals surface area (Å²) in [5.41, 5.74) is 1.61. The second-order valence-corrected chi connectivity index (χ2v) is 8.43. The lowest BCUT2D eigenvalue weighted by molar-refractivity contribution is 0.0378. The number of ether oxygens (including phenoxy) is 3. The molecule has 3 amide bonds. The Labute approximate surface area is 197 Å². The summed E-state index contributed by atoms with van der Waals surface area (Å²) in [6, 6.07) is 19.4. The van der Waals surface area contributed by atoms with Gasteiger partial charge in [-0.05, 0) is 43.3 Å². The fraction of sp³-hybridized carbons (Fsp3) is 0.231. The van der Waals surface area contributed by atoms with Crippen molar-refractivity contribution < 1.29 is 23.8 Å². The minimum absolute atomic E-state index is 0.129. The van der Waals surface area contributed by atoms with Gasteiger partial charge in [-0.2, -0.15) is 0 Å². The Morgan fingerprint density at radius 1 is 1.06 bits per heavy atom. The molecule has 8 nitrogen and oxygen atoms in total. The zero-order valence-corrected chi connectivity index (χ0v) is 19.1. The summed E-state index contributed by atoms with van der Waals surface area (Å²) in [5.74, 6) is 1.51. The molecule has 2 atom stereocenters.